The van der Waals surface area contributed by atoms with Gasteiger partial charge in [-0.3, -0.25) is 19.2 Å². The molecule has 2 aromatic rings. The molecular formula is C58H87ClN4O26S. The van der Waals surface area contributed by atoms with E-state index in [2.05, 4.69) is 52.9 Å². The molecule has 12 N–H and O–H groups in total. The zero-order valence-corrected chi connectivity index (χ0v) is 52.7. The maximum absolute atomic E-state index is 13.1. The van der Waals surface area contributed by atoms with Gasteiger partial charge in [-0.1, -0.05) is 40.6 Å². The van der Waals surface area contributed by atoms with Gasteiger partial charge < -0.3 is 109 Å². The third-order valence-corrected chi connectivity index (χ3v) is 13.3. The molecule has 0 bridgehead atoms. The second-order valence-electron chi connectivity index (χ2n) is 20.0. The fourth-order valence-corrected chi connectivity index (χ4v) is 8.33. The van der Waals surface area contributed by atoms with Crippen LogP contribution in [0.2, 0.25) is 0 Å². The number of carbonyl (C=O) groups is 6. The molecule has 0 radical (unpaired) electrons. The molecule has 0 saturated carbocycles. The molecule has 2 aromatic carbocycles. The molecule has 508 valence electrons. The Morgan fingerprint density at radius 3 is 1.41 bits per heavy atom. The minimum Gasteiger partial charge on any atom is -0.479 e. The van der Waals surface area contributed by atoms with Gasteiger partial charge in [0.1, 0.15) is 67.9 Å². The van der Waals surface area contributed by atoms with Crippen molar-refractivity contribution >= 4 is 65.6 Å². The van der Waals surface area contributed by atoms with Crippen molar-refractivity contribution < 1.29 is 127 Å². The molecule has 10 atom stereocenters. The minimum absolute atomic E-state index is 0. The summed E-state index contributed by atoms with van der Waals surface area (Å²) in [5.41, 5.74) is 4.43. The number of aliphatic hydroxyl groups is 6. The van der Waals surface area contributed by atoms with Crippen LogP contribution in [0.5, 0.6) is 11.5 Å². The predicted octanol–water partition coefficient (Wildman–Crippen LogP) is 1.09. The Hall–Kier alpha value is -6.11. The van der Waals surface area contributed by atoms with Crippen molar-refractivity contribution in [3.8, 4) is 11.5 Å². The largest absolute Gasteiger partial charge is 0.479 e. The fourth-order valence-electron chi connectivity index (χ4n) is 7.88. The van der Waals surface area contributed by atoms with Gasteiger partial charge in [0, 0.05) is 32.7 Å². The Kier molecular flexibility index (Phi) is 39.5. The lowest BCUT2D eigenvalue weighted by Gasteiger charge is -2.38. The van der Waals surface area contributed by atoms with Crippen LogP contribution < -0.4 is 26.0 Å². The quantitative estimate of drug-likeness (QED) is 0.0147. The van der Waals surface area contributed by atoms with E-state index in [0.717, 1.165) is 37.1 Å². The molecule has 0 unspecified atom stereocenters. The summed E-state index contributed by atoms with van der Waals surface area (Å²) in [5, 5.41) is 88.5. The van der Waals surface area contributed by atoms with Crippen LogP contribution in [0.25, 0.3) is 0 Å². The molecule has 32 heteroatoms. The van der Waals surface area contributed by atoms with Gasteiger partial charge in [0.2, 0.25) is 12.6 Å². The molecule has 4 rings (SSSR count). The molecule has 2 aliphatic rings. The summed E-state index contributed by atoms with van der Waals surface area (Å²) in [7, 11) is 0. The molecule has 0 aliphatic carbocycles. The van der Waals surface area contributed by atoms with Crippen LogP contribution in [-0.2, 0) is 80.0 Å². The molecule has 2 saturated heterocycles. The summed E-state index contributed by atoms with van der Waals surface area (Å²) in [4.78, 5) is 81.0. The first kappa shape index (κ1) is 80.0. The predicted molar refractivity (Wildman–Crippen MR) is 322 cm³/mol. The van der Waals surface area contributed by atoms with Gasteiger partial charge in [0.15, 0.2) is 12.2 Å². The van der Waals surface area contributed by atoms with Crippen molar-refractivity contribution in [3.63, 3.8) is 0 Å². The van der Waals surface area contributed by atoms with Gasteiger partial charge >= 0.3 is 23.9 Å². The molecule has 0 aromatic heterocycles. The average Bonchev–Trinajstić information content (AvgIpc) is 1.23. The first-order valence-electron chi connectivity index (χ1n) is 28.3. The van der Waals surface area contributed by atoms with Gasteiger partial charge in [-0.25, -0.2) is 15.5 Å². The van der Waals surface area contributed by atoms with Crippen molar-refractivity contribution in [1.29, 1.82) is 0 Å². The number of oxime groups is 1. The monoisotopic (exact) mass is 1320 g/mol. The number of carboxylic acid groups (broad SMARTS) is 2. The number of allylic oxidation sites excluding steroid dienone is 3. The molecule has 30 nitrogen and oxygen atoms in total. The minimum atomic E-state index is -1.91. The number of rotatable bonds is 39. The number of hydrogen-bond acceptors (Lipinski definition) is 27. The number of nitrogens with one attached hydrogen (secondary N) is 2. The Morgan fingerprint density at radius 1 is 0.567 bits per heavy atom. The van der Waals surface area contributed by atoms with E-state index in [1.165, 1.54) is 61.4 Å². The van der Waals surface area contributed by atoms with Crippen molar-refractivity contribution in [2.75, 3.05) is 91.2 Å². The number of amides is 2. The molecule has 0 spiro atoms. The van der Waals surface area contributed by atoms with Crippen molar-refractivity contribution in [2.45, 2.75) is 135 Å². The number of aliphatic carboxylic acids is 2. The van der Waals surface area contributed by atoms with Gasteiger partial charge in [0.05, 0.1) is 76.3 Å². The van der Waals surface area contributed by atoms with Gasteiger partial charge in [-0.2, -0.15) is 11.8 Å². The summed E-state index contributed by atoms with van der Waals surface area (Å²) in [6.07, 6.45) is -7.93. The van der Waals surface area contributed by atoms with E-state index in [1.807, 2.05) is 18.7 Å². The van der Waals surface area contributed by atoms with E-state index in [1.54, 1.807) is 0 Å². The zero-order chi connectivity index (χ0) is 65.8. The summed E-state index contributed by atoms with van der Waals surface area (Å²) < 4.78 is 53.0. The number of nitrogens with zero attached hydrogens (tertiary/aromatic N) is 1. The molecule has 2 heterocycles. The summed E-state index contributed by atoms with van der Waals surface area (Å²) in [6, 6.07) is 8.39. The lowest BCUT2D eigenvalue weighted by Crippen LogP contribution is -2.61. The molecular weight excluding hydrogens is 1240 g/mol. The number of carboxylic acids is 2. The number of esters is 2. The first-order valence-corrected chi connectivity index (χ1v) is 29.7. The SMILES string of the molecule is CC(=O)OCc1ccc(O[C@@H]2O[C@H](C(=O)O)[C@@H](O)[C@H](O)[C@H]2O)c(C(=O)NCCOCCOCCON)c1.CSC/C=C(\C)CC/C=C(\C)CC/C(C)=N/OCCOCCOCCNC(=O)c1cc(COC(C)=O)ccc1O[C@@H]1O[C@H](C(=O)O)[C@@H](O)[C@H](O)[C@H]1O.Cl. The maximum atomic E-state index is 13.1. The summed E-state index contributed by atoms with van der Waals surface area (Å²) >= 11 is 1.82. The smallest absolute Gasteiger partial charge is 0.335 e. The number of aliphatic hydroxyl groups excluding tert-OH is 6. The van der Waals surface area contributed by atoms with Crippen LogP contribution in [0.4, 0.5) is 0 Å². The molecule has 90 heavy (non-hydrogen) atoms. The number of halogens is 1. The van der Waals surface area contributed by atoms with E-state index >= 15 is 0 Å². The number of ether oxygens (including phenoxy) is 10. The number of carbonyl (C=O) groups excluding carboxylic acids is 4. The third-order valence-electron chi connectivity index (χ3n) is 12.8. The highest BCUT2D eigenvalue weighted by atomic mass is 35.5. The Balaban J connectivity index is 0.000000641. The lowest BCUT2D eigenvalue weighted by molar-refractivity contribution is -0.271. The fraction of sp³-hybridized carbons (Fsp3) is 0.603. The number of hydrogen-bond donors (Lipinski definition) is 11. The van der Waals surface area contributed by atoms with Crippen LogP contribution in [0, 0.1) is 0 Å². The van der Waals surface area contributed by atoms with Crippen molar-refractivity contribution in [3.05, 3.63) is 82.0 Å². The summed E-state index contributed by atoms with van der Waals surface area (Å²) in [6.45, 7) is 11.2. The molecule has 2 amide bonds. The summed E-state index contributed by atoms with van der Waals surface area (Å²) in [5.74, 6) is 0.203. The van der Waals surface area contributed by atoms with E-state index < -0.39 is 97.1 Å². The standard InChI is InChI=1S/C36H54N2O13S.C22H32N2O13.ClH/c1-23(7-6-8-24(2)13-20-52-5)9-10-25(3)38-49-19-18-47-17-16-46-15-14-37-34(43)28-21-27(22-48-26(4)39)11-12-29(28)50-36-32(42)30(40)31(41)33(51-36)35(44)45;1-12(25)34-11-13-2-3-15(36-22-18(28)16(26)17(27)19(37-22)21(30)31)14(10-13)20(29)24-4-5-32-6-7-33-8-9-35-23;/h7,11-13,21,30-33,36,40-42H,6,8-10,14-20,22H2,1-5H3,(H,37,43)(H,44,45);2-3,10,16-19,22,26-28H,4-9,11,23H2,1H3,(H,24,29)(H,30,31);1H/b23-7+,24-13+,38-25+;;/t30-,31-,32+,33-,36+;16-,17-,18+,19-,22+;/m00./s1. The first-order chi connectivity index (χ1) is 42.5. The highest BCUT2D eigenvalue weighted by molar-refractivity contribution is 7.98. The van der Waals surface area contributed by atoms with E-state index in [9.17, 15) is 69.6 Å². The number of benzene rings is 2. The Morgan fingerprint density at radius 2 is 0.989 bits per heavy atom. The van der Waals surface area contributed by atoms with Crippen molar-refractivity contribution in [1.82, 2.24) is 10.6 Å². The molecule has 2 fully saturated rings. The second kappa shape index (κ2) is 44.4. The number of nitrogens with two attached hydrogens (primary N) is 1. The number of thioether (sulfide) groups is 1. The average molecular weight is 1320 g/mol. The lowest BCUT2D eigenvalue weighted by atomic mass is 9.99. The van der Waals surface area contributed by atoms with Gasteiger partial charge in [-0.15, -0.1) is 12.4 Å². The van der Waals surface area contributed by atoms with Crippen LogP contribution in [0.3, 0.4) is 0 Å². The van der Waals surface area contributed by atoms with Crippen LogP contribution >= 0.6 is 24.2 Å². The third kappa shape index (κ3) is 29.9. The van der Waals surface area contributed by atoms with E-state index in [0.29, 0.717) is 44.2 Å². The van der Waals surface area contributed by atoms with Gasteiger partial charge in [-0.05, 0) is 88.1 Å². The normalized spacial score (nSPS) is 21.8. The molecule has 2 aliphatic heterocycles. The Bertz CT molecular complexity index is 2620. The van der Waals surface area contributed by atoms with Crippen LogP contribution in [0.1, 0.15) is 92.1 Å². The van der Waals surface area contributed by atoms with E-state index in [4.69, 9.17) is 58.1 Å². The van der Waals surface area contributed by atoms with E-state index in [-0.39, 0.29) is 94.4 Å². The topological polar surface area (TPSA) is 437 Å². The highest BCUT2D eigenvalue weighted by Crippen LogP contribution is 2.30. The van der Waals surface area contributed by atoms with Crippen LogP contribution in [0.15, 0.2) is 64.9 Å². The highest BCUT2D eigenvalue weighted by Gasteiger charge is 2.49. The van der Waals surface area contributed by atoms with Crippen molar-refractivity contribution in [2.24, 2.45) is 11.1 Å². The Labute approximate surface area is 531 Å². The maximum Gasteiger partial charge on any atom is 0.335 e. The zero-order valence-electron chi connectivity index (χ0n) is 51.1. The van der Waals surface area contributed by atoms with Crippen LogP contribution in [-0.4, -0.2) is 235 Å². The van der Waals surface area contributed by atoms with Gasteiger partial charge in [0.25, 0.3) is 11.8 Å². The second-order valence-corrected chi connectivity index (χ2v) is 20.9.